The van der Waals surface area contributed by atoms with Crippen molar-refractivity contribution >= 4 is 23.2 Å². The van der Waals surface area contributed by atoms with Gasteiger partial charge < -0.3 is 16.0 Å². The zero-order chi connectivity index (χ0) is 13.8. The van der Waals surface area contributed by atoms with Gasteiger partial charge >= 0.3 is 12.2 Å². The molecule has 1 rings (SSSR count). The van der Waals surface area contributed by atoms with E-state index in [9.17, 15) is 18.0 Å². The number of piperazine rings is 1. The van der Waals surface area contributed by atoms with Crippen molar-refractivity contribution in [2.75, 3.05) is 39.3 Å². The first-order chi connectivity index (χ1) is 8.28. The summed E-state index contributed by atoms with van der Waals surface area (Å²) >= 11 is 4.76. The fourth-order valence-corrected chi connectivity index (χ4v) is 1.80. The van der Waals surface area contributed by atoms with E-state index in [1.807, 2.05) is 10.2 Å². The maximum absolute atomic E-state index is 11.9. The zero-order valence-corrected chi connectivity index (χ0v) is 10.5. The number of nitrogens with one attached hydrogen (secondary N) is 1. The Kier molecular flexibility index (Phi) is 5.15. The highest BCUT2D eigenvalue weighted by atomic mass is 32.1. The minimum absolute atomic E-state index is 0.366. The Morgan fingerprint density at radius 3 is 2.28 bits per heavy atom. The lowest BCUT2D eigenvalue weighted by molar-refractivity contribution is -0.123. The molecule has 9 heteroatoms. The van der Waals surface area contributed by atoms with Gasteiger partial charge in [-0.1, -0.05) is 12.2 Å². The fraction of sp³-hybridized carbons (Fsp3) is 0.778. The molecule has 0 unspecified atom stereocenters. The van der Waals surface area contributed by atoms with Crippen LogP contribution in [0.1, 0.15) is 0 Å². The minimum Gasteiger partial charge on any atom is -0.392 e. The average molecular weight is 284 g/mol. The Hall–Kier alpha value is -1.09. The smallest absolute Gasteiger partial charge is 0.392 e. The lowest BCUT2D eigenvalue weighted by atomic mass is 10.3. The summed E-state index contributed by atoms with van der Waals surface area (Å²) in [5.74, 6) is 0. The van der Waals surface area contributed by atoms with E-state index in [1.165, 1.54) is 4.90 Å². The van der Waals surface area contributed by atoms with Gasteiger partial charge in [0.25, 0.3) is 0 Å². The second-order valence-corrected chi connectivity index (χ2v) is 4.53. The molecule has 5 nitrogen and oxygen atoms in total. The molecule has 1 aliphatic heterocycles. The van der Waals surface area contributed by atoms with E-state index in [1.54, 1.807) is 0 Å². The Morgan fingerprint density at radius 1 is 1.28 bits per heavy atom. The van der Waals surface area contributed by atoms with E-state index in [-0.39, 0.29) is 0 Å². The maximum atomic E-state index is 11.9. The van der Waals surface area contributed by atoms with Gasteiger partial charge in [-0.3, -0.25) is 4.90 Å². The van der Waals surface area contributed by atoms with Crippen LogP contribution in [0.2, 0.25) is 0 Å². The number of nitrogens with zero attached hydrogens (tertiary/aromatic N) is 2. The molecule has 0 aromatic heterocycles. The molecular formula is C9H15F3N4OS. The molecule has 18 heavy (non-hydrogen) atoms. The number of nitrogens with two attached hydrogens (primary N) is 1. The van der Waals surface area contributed by atoms with Crippen LogP contribution in [0.5, 0.6) is 0 Å². The molecule has 0 spiro atoms. The zero-order valence-electron chi connectivity index (χ0n) is 9.66. The normalized spacial score (nSPS) is 17.6. The number of rotatable bonds is 3. The van der Waals surface area contributed by atoms with Crippen molar-refractivity contribution in [3.05, 3.63) is 0 Å². The number of carbonyl (C=O) groups excluding carboxylic acids is 1. The predicted octanol–water partition coefficient (Wildman–Crippen LogP) is 0.162. The van der Waals surface area contributed by atoms with Crippen molar-refractivity contribution in [1.82, 2.24) is 15.1 Å². The highest BCUT2D eigenvalue weighted by Gasteiger charge is 2.29. The van der Waals surface area contributed by atoms with Crippen LogP contribution in [0.3, 0.4) is 0 Å². The minimum atomic E-state index is -4.39. The molecule has 1 aliphatic rings. The molecule has 0 aromatic carbocycles. The van der Waals surface area contributed by atoms with Crippen LogP contribution in [0.4, 0.5) is 18.0 Å². The second kappa shape index (κ2) is 6.19. The number of alkyl halides is 3. The number of thiocarbonyl (C=S) groups is 1. The SMILES string of the molecule is NC(=S)CN1CCN(C(=O)NCC(F)(F)F)CC1. The quantitative estimate of drug-likeness (QED) is 0.725. The van der Waals surface area contributed by atoms with Crippen molar-refractivity contribution in [3.63, 3.8) is 0 Å². The number of hydrogen-bond acceptors (Lipinski definition) is 3. The predicted molar refractivity (Wildman–Crippen MR) is 64.3 cm³/mol. The third kappa shape index (κ3) is 5.50. The van der Waals surface area contributed by atoms with E-state index >= 15 is 0 Å². The molecule has 104 valence electrons. The molecule has 0 aromatic rings. The second-order valence-electron chi connectivity index (χ2n) is 4.00. The standard InChI is InChI=1S/C9H15F3N4OS/c10-9(11,12)6-14-8(17)16-3-1-15(2-4-16)5-7(13)18/h1-6H2,(H2,13,18)(H,14,17). The number of urea groups is 1. The molecule has 3 N–H and O–H groups in total. The first kappa shape index (κ1) is 15.0. The van der Waals surface area contributed by atoms with Gasteiger partial charge in [-0.05, 0) is 0 Å². The van der Waals surface area contributed by atoms with Crippen molar-refractivity contribution < 1.29 is 18.0 Å². The summed E-state index contributed by atoms with van der Waals surface area (Å²) in [4.78, 5) is 15.1. The summed E-state index contributed by atoms with van der Waals surface area (Å²) in [6.45, 7) is 0.998. The van der Waals surface area contributed by atoms with Crippen molar-refractivity contribution in [1.29, 1.82) is 0 Å². The first-order valence-electron chi connectivity index (χ1n) is 5.38. The van der Waals surface area contributed by atoms with Gasteiger partial charge in [-0.2, -0.15) is 13.2 Å². The van der Waals surface area contributed by atoms with Gasteiger partial charge in [0.15, 0.2) is 0 Å². The molecule has 0 saturated carbocycles. The highest BCUT2D eigenvalue weighted by molar-refractivity contribution is 7.80. The Labute approximate surface area is 108 Å². The van der Waals surface area contributed by atoms with Gasteiger partial charge in [0.2, 0.25) is 0 Å². The number of amides is 2. The van der Waals surface area contributed by atoms with Crippen LogP contribution in [0.25, 0.3) is 0 Å². The molecular weight excluding hydrogens is 269 g/mol. The third-order valence-corrected chi connectivity index (χ3v) is 2.61. The summed E-state index contributed by atoms with van der Waals surface area (Å²) in [5.41, 5.74) is 5.39. The van der Waals surface area contributed by atoms with Crippen molar-refractivity contribution in [2.45, 2.75) is 6.18 Å². The molecule has 0 bridgehead atoms. The number of carbonyl (C=O) groups is 1. The van der Waals surface area contributed by atoms with Gasteiger partial charge in [0, 0.05) is 32.7 Å². The number of hydrogen-bond donors (Lipinski definition) is 2. The van der Waals surface area contributed by atoms with Crippen LogP contribution >= 0.6 is 12.2 Å². The summed E-state index contributed by atoms with van der Waals surface area (Å²) in [6, 6.07) is -0.692. The largest absolute Gasteiger partial charge is 0.405 e. The average Bonchev–Trinajstić information content (AvgIpc) is 2.25. The Bertz CT molecular complexity index is 315. The summed E-state index contributed by atoms with van der Waals surface area (Å²) in [7, 11) is 0. The molecule has 1 saturated heterocycles. The van der Waals surface area contributed by atoms with E-state index in [0.29, 0.717) is 37.7 Å². The molecule has 0 radical (unpaired) electrons. The first-order valence-corrected chi connectivity index (χ1v) is 5.79. The topological polar surface area (TPSA) is 61.6 Å². The van der Waals surface area contributed by atoms with E-state index in [2.05, 4.69) is 0 Å². The highest BCUT2D eigenvalue weighted by Crippen LogP contribution is 2.12. The summed E-state index contributed by atoms with van der Waals surface area (Å²) in [6.07, 6.45) is -4.39. The fourth-order valence-electron chi connectivity index (χ4n) is 1.62. The van der Waals surface area contributed by atoms with Gasteiger partial charge in [0.05, 0.1) is 4.99 Å². The van der Waals surface area contributed by atoms with Gasteiger partial charge in [-0.25, -0.2) is 4.79 Å². The Balaban J connectivity index is 2.29. The molecule has 2 amide bonds. The van der Waals surface area contributed by atoms with E-state index in [4.69, 9.17) is 18.0 Å². The molecule has 0 aliphatic carbocycles. The molecule has 1 heterocycles. The summed E-state index contributed by atoms with van der Waals surface area (Å²) < 4.78 is 35.8. The van der Waals surface area contributed by atoms with Crippen LogP contribution in [0, 0.1) is 0 Å². The van der Waals surface area contributed by atoms with E-state index < -0.39 is 18.8 Å². The molecule has 0 atom stereocenters. The Morgan fingerprint density at radius 2 is 1.83 bits per heavy atom. The summed E-state index contributed by atoms with van der Waals surface area (Å²) in [5, 5.41) is 1.84. The van der Waals surface area contributed by atoms with Gasteiger partial charge in [0.1, 0.15) is 6.54 Å². The van der Waals surface area contributed by atoms with Crippen LogP contribution in [0.15, 0.2) is 0 Å². The van der Waals surface area contributed by atoms with Crippen LogP contribution in [-0.2, 0) is 0 Å². The van der Waals surface area contributed by atoms with E-state index in [0.717, 1.165) is 0 Å². The number of halogens is 3. The van der Waals surface area contributed by atoms with Crippen molar-refractivity contribution in [2.24, 2.45) is 5.73 Å². The maximum Gasteiger partial charge on any atom is 0.405 e. The van der Waals surface area contributed by atoms with Gasteiger partial charge in [-0.15, -0.1) is 0 Å². The third-order valence-electron chi connectivity index (χ3n) is 2.48. The van der Waals surface area contributed by atoms with Crippen molar-refractivity contribution in [3.8, 4) is 0 Å². The monoisotopic (exact) mass is 284 g/mol. The molecule has 1 fully saturated rings. The lowest BCUT2D eigenvalue weighted by Crippen LogP contribution is -2.53. The van der Waals surface area contributed by atoms with Crippen LogP contribution < -0.4 is 11.1 Å². The van der Waals surface area contributed by atoms with Crippen LogP contribution in [-0.4, -0.2) is 66.3 Å². The lowest BCUT2D eigenvalue weighted by Gasteiger charge is -2.34.